The maximum atomic E-state index is 11.5. The minimum Gasteiger partial charge on any atom is -0.456 e. The van der Waals surface area contributed by atoms with Crippen molar-refractivity contribution in [3.8, 4) is 0 Å². The fourth-order valence-corrected chi connectivity index (χ4v) is 3.52. The molecule has 4 atom stereocenters. The van der Waals surface area contributed by atoms with Gasteiger partial charge in [-0.15, -0.1) is 0 Å². The van der Waals surface area contributed by atoms with E-state index in [9.17, 15) is 9.59 Å². The summed E-state index contributed by atoms with van der Waals surface area (Å²) in [7, 11) is 0. The molecule has 0 spiro atoms. The van der Waals surface area contributed by atoms with Crippen LogP contribution in [0.3, 0.4) is 0 Å². The van der Waals surface area contributed by atoms with Crippen LogP contribution in [0, 0.1) is 5.92 Å². The number of carbonyl (C=O) groups excluding carboxylic acids is 2. The summed E-state index contributed by atoms with van der Waals surface area (Å²) in [6, 6.07) is 0. The Morgan fingerprint density at radius 3 is 2.58 bits per heavy atom. The highest BCUT2D eigenvalue weighted by Gasteiger charge is 2.60. The monoisotopic (exact) mass is 268 g/mol. The summed E-state index contributed by atoms with van der Waals surface area (Å²) in [6.07, 6.45) is 5.18. The Labute approximate surface area is 114 Å². The highest BCUT2D eigenvalue weighted by Crippen LogP contribution is 2.51. The summed E-state index contributed by atoms with van der Waals surface area (Å²) in [5.74, 6) is -0.123. The molecule has 0 aromatic heterocycles. The molecule has 2 aliphatic heterocycles. The zero-order chi connectivity index (χ0) is 14.1. The lowest BCUT2D eigenvalue weighted by molar-refractivity contribution is -0.149. The van der Waals surface area contributed by atoms with Crippen molar-refractivity contribution in [2.45, 2.75) is 76.6 Å². The molecule has 0 bridgehead atoms. The smallest absolute Gasteiger partial charge is 0.309 e. The van der Waals surface area contributed by atoms with E-state index in [0.29, 0.717) is 6.42 Å². The third-order valence-electron chi connectivity index (χ3n) is 4.86. The molecule has 4 heteroatoms. The van der Waals surface area contributed by atoms with Crippen LogP contribution in [0.1, 0.15) is 59.3 Å². The van der Waals surface area contributed by atoms with Crippen LogP contribution in [0.2, 0.25) is 0 Å². The second kappa shape index (κ2) is 5.23. The molecule has 2 rings (SSSR count). The molecule has 2 saturated heterocycles. The van der Waals surface area contributed by atoms with Crippen LogP contribution < -0.4 is 0 Å². The number of rotatable bonds is 6. The highest BCUT2D eigenvalue weighted by atomic mass is 16.6. The molecule has 0 N–H and O–H groups in total. The van der Waals surface area contributed by atoms with Crippen LogP contribution >= 0.6 is 0 Å². The number of ether oxygens (including phenoxy) is 2. The largest absolute Gasteiger partial charge is 0.456 e. The Morgan fingerprint density at radius 1 is 1.37 bits per heavy atom. The van der Waals surface area contributed by atoms with E-state index < -0.39 is 5.60 Å². The molecule has 2 heterocycles. The van der Waals surface area contributed by atoms with Crippen molar-refractivity contribution >= 4 is 12.3 Å². The van der Waals surface area contributed by atoms with Crippen LogP contribution in [0.15, 0.2) is 0 Å². The number of aldehydes is 1. The van der Waals surface area contributed by atoms with Gasteiger partial charge in [0.1, 0.15) is 18.0 Å². The molecule has 0 unspecified atom stereocenters. The van der Waals surface area contributed by atoms with Gasteiger partial charge in [-0.25, -0.2) is 0 Å². The van der Waals surface area contributed by atoms with Gasteiger partial charge in [0.2, 0.25) is 0 Å². The van der Waals surface area contributed by atoms with Crippen LogP contribution in [0.5, 0.6) is 0 Å². The van der Waals surface area contributed by atoms with Crippen molar-refractivity contribution < 1.29 is 19.1 Å². The lowest BCUT2D eigenvalue weighted by Crippen LogP contribution is -2.36. The Morgan fingerprint density at radius 2 is 2.11 bits per heavy atom. The zero-order valence-corrected chi connectivity index (χ0v) is 12.1. The van der Waals surface area contributed by atoms with Gasteiger partial charge in [-0.3, -0.25) is 4.79 Å². The third-order valence-corrected chi connectivity index (χ3v) is 4.86. The summed E-state index contributed by atoms with van der Waals surface area (Å²) in [5.41, 5.74) is -0.753. The van der Waals surface area contributed by atoms with Crippen LogP contribution in [0.25, 0.3) is 0 Å². The standard InChI is InChI=1S/C15H24O4/c1-4-11(9-16)8-14(5-2)10-15(6-3)12(18-14)7-13(17)19-15/h9,11-12H,4-8,10H2,1-3H3/t11-,12+,14+,15+/m1/s1. The Kier molecular flexibility index (Phi) is 4.00. The predicted octanol–water partition coefficient (Wildman–Crippen LogP) is 2.64. The van der Waals surface area contributed by atoms with Crippen molar-refractivity contribution in [1.29, 1.82) is 0 Å². The van der Waals surface area contributed by atoms with Gasteiger partial charge in [0.25, 0.3) is 0 Å². The maximum Gasteiger partial charge on any atom is 0.309 e. The van der Waals surface area contributed by atoms with Crippen molar-refractivity contribution in [2.24, 2.45) is 5.92 Å². The quantitative estimate of drug-likeness (QED) is 0.549. The topological polar surface area (TPSA) is 52.6 Å². The summed E-state index contributed by atoms with van der Waals surface area (Å²) in [4.78, 5) is 22.6. The van der Waals surface area contributed by atoms with Gasteiger partial charge in [0.15, 0.2) is 0 Å². The molecule has 0 aromatic rings. The first-order valence-electron chi connectivity index (χ1n) is 7.38. The molecule has 0 amide bonds. The van der Waals surface area contributed by atoms with Gasteiger partial charge in [-0.2, -0.15) is 0 Å². The fraction of sp³-hybridized carbons (Fsp3) is 0.867. The second-order valence-corrected chi connectivity index (χ2v) is 5.92. The summed E-state index contributed by atoms with van der Waals surface area (Å²) in [5, 5.41) is 0. The Hall–Kier alpha value is -0.900. The van der Waals surface area contributed by atoms with Crippen molar-refractivity contribution in [3.63, 3.8) is 0 Å². The van der Waals surface area contributed by atoms with Crippen molar-refractivity contribution in [3.05, 3.63) is 0 Å². The number of carbonyl (C=O) groups is 2. The molecule has 0 saturated carbocycles. The van der Waals surface area contributed by atoms with Gasteiger partial charge < -0.3 is 14.3 Å². The lowest BCUT2D eigenvalue weighted by Gasteiger charge is -2.31. The van der Waals surface area contributed by atoms with E-state index in [-0.39, 0.29) is 23.6 Å². The number of fused-ring (bicyclic) bond motifs is 1. The van der Waals surface area contributed by atoms with Crippen LogP contribution in [-0.4, -0.2) is 29.6 Å². The predicted molar refractivity (Wildman–Crippen MR) is 70.7 cm³/mol. The zero-order valence-electron chi connectivity index (χ0n) is 12.1. The van der Waals surface area contributed by atoms with Gasteiger partial charge in [-0.05, 0) is 25.7 Å². The van der Waals surface area contributed by atoms with E-state index in [1.165, 1.54) is 0 Å². The van der Waals surface area contributed by atoms with Crippen molar-refractivity contribution in [2.75, 3.05) is 0 Å². The van der Waals surface area contributed by atoms with E-state index in [4.69, 9.17) is 9.47 Å². The third kappa shape index (κ3) is 2.42. The van der Waals surface area contributed by atoms with E-state index in [0.717, 1.165) is 38.4 Å². The molecule has 0 aromatic carbocycles. The number of esters is 1. The van der Waals surface area contributed by atoms with E-state index >= 15 is 0 Å². The molecule has 0 aliphatic carbocycles. The van der Waals surface area contributed by atoms with Crippen molar-refractivity contribution in [1.82, 2.24) is 0 Å². The van der Waals surface area contributed by atoms with E-state index in [1.54, 1.807) is 0 Å². The van der Waals surface area contributed by atoms with E-state index in [1.807, 2.05) is 13.8 Å². The van der Waals surface area contributed by atoms with Gasteiger partial charge in [0, 0.05) is 12.3 Å². The van der Waals surface area contributed by atoms with Gasteiger partial charge >= 0.3 is 5.97 Å². The highest BCUT2D eigenvalue weighted by molar-refractivity contribution is 5.73. The lowest BCUT2D eigenvalue weighted by atomic mass is 9.79. The number of hydrogen-bond donors (Lipinski definition) is 0. The normalized spacial score (nSPS) is 38.9. The minimum atomic E-state index is -0.450. The van der Waals surface area contributed by atoms with Crippen LogP contribution in [-0.2, 0) is 19.1 Å². The fourth-order valence-electron chi connectivity index (χ4n) is 3.52. The Balaban J connectivity index is 2.17. The first kappa shape index (κ1) is 14.5. The number of hydrogen-bond acceptors (Lipinski definition) is 4. The molecule has 2 aliphatic rings. The first-order chi connectivity index (χ1) is 9.03. The first-order valence-corrected chi connectivity index (χ1v) is 7.38. The minimum absolute atomic E-state index is 0.0309. The molecule has 2 fully saturated rings. The maximum absolute atomic E-state index is 11.5. The molecule has 4 nitrogen and oxygen atoms in total. The second-order valence-electron chi connectivity index (χ2n) is 5.92. The molecular weight excluding hydrogens is 244 g/mol. The molecule has 108 valence electrons. The summed E-state index contributed by atoms with van der Waals surface area (Å²) < 4.78 is 11.8. The van der Waals surface area contributed by atoms with Crippen LogP contribution in [0.4, 0.5) is 0 Å². The average Bonchev–Trinajstić information content (AvgIpc) is 2.86. The van der Waals surface area contributed by atoms with Gasteiger partial charge in [-0.1, -0.05) is 20.8 Å². The molecule has 19 heavy (non-hydrogen) atoms. The average molecular weight is 268 g/mol. The van der Waals surface area contributed by atoms with E-state index in [2.05, 4.69) is 6.92 Å². The molecule has 0 radical (unpaired) electrons. The SMILES string of the molecule is CC[C@@H](C=O)C[C@@]1(CC)C[C@]2(CC)OC(=O)C[C@@H]2O1. The van der Waals surface area contributed by atoms with Gasteiger partial charge in [0.05, 0.1) is 12.0 Å². The molecular formula is C15H24O4. The Bertz CT molecular complexity index is 367. The summed E-state index contributed by atoms with van der Waals surface area (Å²) >= 11 is 0. The summed E-state index contributed by atoms with van der Waals surface area (Å²) in [6.45, 7) is 6.15.